The van der Waals surface area contributed by atoms with E-state index in [1.165, 1.54) is 0 Å². The van der Waals surface area contributed by atoms with Crippen LogP contribution in [0.4, 0.5) is 5.69 Å². The molecule has 10 heteroatoms. The van der Waals surface area contributed by atoms with Gasteiger partial charge in [-0.25, -0.2) is 0 Å². The number of nitrogens with zero attached hydrogens (tertiary/aromatic N) is 3. The van der Waals surface area contributed by atoms with Crippen molar-refractivity contribution in [3.05, 3.63) is 53.6 Å². The molecule has 2 amide bonds. The van der Waals surface area contributed by atoms with Crippen molar-refractivity contribution >= 4 is 23.5 Å². The summed E-state index contributed by atoms with van der Waals surface area (Å²) in [6.45, 7) is 4.45. The van der Waals surface area contributed by atoms with Crippen LogP contribution in [0.15, 0.2) is 42.5 Å². The highest BCUT2D eigenvalue weighted by atomic mass is 16.7. The molecule has 3 heterocycles. The molecule has 40 heavy (non-hydrogen) atoms. The summed E-state index contributed by atoms with van der Waals surface area (Å²) in [5.41, 5.74) is 8.41. The number of likely N-dealkylation sites (tertiary alicyclic amines) is 2. The molecule has 2 aromatic carbocycles. The van der Waals surface area contributed by atoms with Gasteiger partial charge in [-0.05, 0) is 48.2 Å². The molecule has 3 aliphatic heterocycles. The number of rotatable bonds is 11. The molecule has 0 aliphatic carbocycles. The van der Waals surface area contributed by atoms with Crippen molar-refractivity contribution in [1.29, 1.82) is 0 Å². The van der Waals surface area contributed by atoms with Crippen molar-refractivity contribution in [3.8, 4) is 11.5 Å². The SMILES string of the molecule is CCCCN(C(=O)CN1C[C@H](c2ccc3c(c2)OCO3)C(C(=O)O)[C@@H]1CN1CCCC1=O)c1cccc(CN)c1. The Morgan fingerprint density at radius 3 is 2.70 bits per heavy atom. The summed E-state index contributed by atoms with van der Waals surface area (Å²) in [6.07, 6.45) is 2.99. The van der Waals surface area contributed by atoms with Crippen LogP contribution >= 0.6 is 0 Å². The summed E-state index contributed by atoms with van der Waals surface area (Å²) in [5.74, 6) is -0.966. The van der Waals surface area contributed by atoms with Crippen molar-refractivity contribution in [2.75, 3.05) is 44.4 Å². The molecule has 5 rings (SSSR count). The minimum Gasteiger partial charge on any atom is -0.481 e. The zero-order valence-electron chi connectivity index (χ0n) is 23.0. The van der Waals surface area contributed by atoms with Gasteiger partial charge < -0.3 is 30.1 Å². The molecule has 214 valence electrons. The standard InChI is InChI=1S/C30H38N4O6/c1-2-3-12-34(22-7-4-6-20(13-22)15-31)28(36)18-33-16-23(21-9-10-25-26(14-21)40-19-39-25)29(30(37)38)24(33)17-32-11-5-8-27(32)35/h4,6-7,9-10,13-14,23-24,29H,2-3,5,8,11-12,15-19,31H2,1H3,(H,37,38)/t23-,24+,29?/m1/s1. The number of aliphatic carboxylic acids is 1. The molecule has 2 aromatic rings. The fraction of sp³-hybridized carbons (Fsp3) is 0.500. The maximum Gasteiger partial charge on any atom is 0.308 e. The van der Waals surface area contributed by atoms with E-state index < -0.39 is 17.9 Å². The number of carboxylic acids is 1. The number of amides is 2. The highest BCUT2D eigenvalue weighted by Gasteiger charge is 2.48. The molecular weight excluding hydrogens is 512 g/mol. The van der Waals surface area contributed by atoms with Gasteiger partial charge in [-0.2, -0.15) is 0 Å². The molecule has 0 bridgehead atoms. The number of carbonyl (C=O) groups excluding carboxylic acids is 2. The van der Waals surface area contributed by atoms with E-state index in [4.69, 9.17) is 15.2 Å². The zero-order valence-corrected chi connectivity index (χ0v) is 23.0. The van der Waals surface area contributed by atoms with Crippen LogP contribution in [0.5, 0.6) is 11.5 Å². The van der Waals surface area contributed by atoms with Gasteiger partial charge in [0.05, 0.1) is 12.5 Å². The number of carbonyl (C=O) groups is 3. The quantitative estimate of drug-likeness (QED) is 0.438. The number of hydrogen-bond acceptors (Lipinski definition) is 7. The molecule has 0 spiro atoms. The van der Waals surface area contributed by atoms with Gasteiger partial charge in [-0.15, -0.1) is 0 Å². The number of benzene rings is 2. The average molecular weight is 551 g/mol. The normalized spacial score (nSPS) is 22.2. The minimum atomic E-state index is -0.937. The minimum absolute atomic E-state index is 0.0325. The Balaban J connectivity index is 1.45. The molecule has 0 aromatic heterocycles. The van der Waals surface area contributed by atoms with Crippen molar-refractivity contribution in [2.45, 2.75) is 51.1 Å². The second-order valence-corrected chi connectivity index (χ2v) is 10.8. The maximum atomic E-state index is 13.9. The van der Waals surface area contributed by atoms with Crippen molar-refractivity contribution in [2.24, 2.45) is 11.7 Å². The summed E-state index contributed by atoms with van der Waals surface area (Å²) < 4.78 is 11.0. The first-order chi connectivity index (χ1) is 19.4. The van der Waals surface area contributed by atoms with Crippen LogP contribution in [0.2, 0.25) is 0 Å². The smallest absolute Gasteiger partial charge is 0.308 e. The molecule has 2 fully saturated rings. The molecule has 0 saturated carbocycles. The highest BCUT2D eigenvalue weighted by molar-refractivity contribution is 5.95. The average Bonchev–Trinajstić information content (AvgIpc) is 3.68. The van der Waals surface area contributed by atoms with Gasteiger partial charge in [0.2, 0.25) is 18.6 Å². The van der Waals surface area contributed by atoms with Crippen molar-refractivity contribution in [1.82, 2.24) is 9.80 Å². The molecule has 1 unspecified atom stereocenters. The lowest BCUT2D eigenvalue weighted by atomic mass is 9.85. The third-order valence-corrected chi connectivity index (χ3v) is 8.27. The number of carboxylic acid groups (broad SMARTS) is 1. The Bertz CT molecular complexity index is 1250. The van der Waals surface area contributed by atoms with E-state index in [9.17, 15) is 19.5 Å². The van der Waals surface area contributed by atoms with Crippen LogP contribution in [-0.2, 0) is 20.9 Å². The fourth-order valence-electron chi connectivity index (χ4n) is 6.15. The Morgan fingerprint density at radius 2 is 1.98 bits per heavy atom. The second-order valence-electron chi connectivity index (χ2n) is 10.8. The van der Waals surface area contributed by atoms with Crippen LogP contribution in [0.25, 0.3) is 0 Å². The molecule has 3 aliphatic rings. The number of nitrogens with two attached hydrogens (primary N) is 1. The summed E-state index contributed by atoms with van der Waals surface area (Å²) in [4.78, 5) is 44.8. The summed E-state index contributed by atoms with van der Waals surface area (Å²) in [7, 11) is 0. The summed E-state index contributed by atoms with van der Waals surface area (Å²) in [5, 5.41) is 10.5. The predicted molar refractivity (Wildman–Crippen MR) is 149 cm³/mol. The summed E-state index contributed by atoms with van der Waals surface area (Å²) in [6, 6.07) is 12.7. The highest BCUT2D eigenvalue weighted by Crippen LogP contribution is 2.42. The predicted octanol–water partition coefficient (Wildman–Crippen LogP) is 2.80. The Morgan fingerprint density at radius 1 is 1.15 bits per heavy atom. The lowest BCUT2D eigenvalue weighted by Gasteiger charge is -2.32. The van der Waals surface area contributed by atoms with E-state index in [0.717, 1.165) is 36.1 Å². The second kappa shape index (κ2) is 12.3. The van der Waals surface area contributed by atoms with Gasteiger partial charge in [0.1, 0.15) is 0 Å². The first kappa shape index (κ1) is 27.9. The van der Waals surface area contributed by atoms with E-state index in [2.05, 4.69) is 6.92 Å². The lowest BCUT2D eigenvalue weighted by molar-refractivity contribution is -0.144. The summed E-state index contributed by atoms with van der Waals surface area (Å²) >= 11 is 0. The van der Waals surface area contributed by atoms with E-state index in [1.54, 1.807) is 15.9 Å². The molecule has 0 radical (unpaired) electrons. The Labute approximate surface area is 234 Å². The van der Waals surface area contributed by atoms with Crippen LogP contribution in [0.3, 0.4) is 0 Å². The van der Waals surface area contributed by atoms with Gasteiger partial charge in [0.25, 0.3) is 0 Å². The number of fused-ring (bicyclic) bond motifs is 1. The third kappa shape index (κ3) is 5.78. The molecule has 3 N–H and O–H groups in total. The number of anilines is 1. The van der Waals surface area contributed by atoms with Gasteiger partial charge in [-0.3, -0.25) is 19.3 Å². The lowest BCUT2D eigenvalue weighted by Crippen LogP contribution is -2.49. The third-order valence-electron chi connectivity index (χ3n) is 8.27. The number of ether oxygens (including phenoxy) is 2. The molecule has 3 atom stereocenters. The van der Waals surface area contributed by atoms with Crippen LogP contribution in [-0.4, -0.2) is 78.2 Å². The fourth-order valence-corrected chi connectivity index (χ4v) is 6.15. The monoisotopic (exact) mass is 550 g/mol. The molecule has 2 saturated heterocycles. The van der Waals surface area contributed by atoms with E-state index >= 15 is 0 Å². The molecule has 10 nitrogen and oxygen atoms in total. The van der Waals surface area contributed by atoms with Gasteiger partial charge in [-0.1, -0.05) is 31.5 Å². The van der Waals surface area contributed by atoms with E-state index in [0.29, 0.717) is 44.1 Å². The Hall–Kier alpha value is -3.63. The number of hydrogen-bond donors (Lipinski definition) is 2. The van der Waals surface area contributed by atoms with Crippen molar-refractivity contribution < 1.29 is 29.0 Å². The van der Waals surface area contributed by atoms with E-state index in [-0.39, 0.29) is 37.6 Å². The largest absolute Gasteiger partial charge is 0.481 e. The van der Waals surface area contributed by atoms with Crippen molar-refractivity contribution in [3.63, 3.8) is 0 Å². The number of unbranched alkanes of at least 4 members (excludes halogenated alkanes) is 1. The van der Waals surface area contributed by atoms with Gasteiger partial charge in [0.15, 0.2) is 11.5 Å². The van der Waals surface area contributed by atoms with E-state index in [1.807, 2.05) is 41.3 Å². The first-order valence-corrected chi connectivity index (χ1v) is 14.1. The molecular formula is C30H38N4O6. The Kier molecular flexibility index (Phi) is 8.56. The zero-order chi connectivity index (χ0) is 28.2. The van der Waals surface area contributed by atoms with Crippen LogP contribution < -0.4 is 20.1 Å². The van der Waals surface area contributed by atoms with Crippen LogP contribution in [0, 0.1) is 5.92 Å². The topological polar surface area (TPSA) is 126 Å². The van der Waals surface area contributed by atoms with Gasteiger partial charge in [0, 0.05) is 56.8 Å². The van der Waals surface area contributed by atoms with Crippen LogP contribution in [0.1, 0.15) is 49.7 Å². The first-order valence-electron chi connectivity index (χ1n) is 14.1. The van der Waals surface area contributed by atoms with Gasteiger partial charge >= 0.3 is 5.97 Å². The maximum absolute atomic E-state index is 13.9.